The van der Waals surface area contributed by atoms with Crippen molar-refractivity contribution in [3.63, 3.8) is 0 Å². The molecular weight excluding hydrogens is 293 g/mol. The minimum atomic E-state index is -4.47. The van der Waals surface area contributed by atoms with Crippen molar-refractivity contribution in [2.45, 2.75) is 6.18 Å². The molecule has 110 valence electrons. The second-order valence-corrected chi connectivity index (χ2v) is 4.16. The van der Waals surface area contributed by atoms with Gasteiger partial charge in [0.05, 0.1) is 5.56 Å². The van der Waals surface area contributed by atoms with Gasteiger partial charge in [-0.3, -0.25) is 4.79 Å². The standard InChI is InChI=1S/C14H8F5NO/c15-11-6-1-8(7-12(11)16)13(21)20-10-4-2-9(3-5-10)14(17,18)19/h1-7H,(H,20,21). The molecule has 21 heavy (non-hydrogen) atoms. The normalized spacial score (nSPS) is 11.3. The van der Waals surface area contributed by atoms with E-state index in [1.165, 1.54) is 0 Å². The fourth-order valence-corrected chi connectivity index (χ4v) is 1.58. The van der Waals surface area contributed by atoms with E-state index in [1.54, 1.807) is 0 Å². The molecule has 0 unspecified atom stereocenters. The molecule has 0 radical (unpaired) electrons. The van der Waals surface area contributed by atoms with E-state index < -0.39 is 29.3 Å². The molecule has 0 aromatic heterocycles. The lowest BCUT2D eigenvalue weighted by atomic mass is 10.1. The van der Waals surface area contributed by atoms with Gasteiger partial charge in [-0.15, -0.1) is 0 Å². The number of hydrogen-bond donors (Lipinski definition) is 1. The molecule has 1 N–H and O–H groups in total. The maximum atomic E-state index is 13.0. The molecule has 0 aliphatic heterocycles. The van der Waals surface area contributed by atoms with Gasteiger partial charge in [0.15, 0.2) is 11.6 Å². The van der Waals surface area contributed by atoms with Gasteiger partial charge in [-0.25, -0.2) is 8.78 Å². The van der Waals surface area contributed by atoms with Gasteiger partial charge < -0.3 is 5.32 Å². The van der Waals surface area contributed by atoms with Crippen LogP contribution >= 0.6 is 0 Å². The molecule has 1 amide bonds. The molecule has 0 heterocycles. The van der Waals surface area contributed by atoms with Crippen LogP contribution in [0.4, 0.5) is 27.6 Å². The second-order valence-electron chi connectivity index (χ2n) is 4.16. The van der Waals surface area contributed by atoms with Crippen LogP contribution in [-0.2, 0) is 6.18 Å². The van der Waals surface area contributed by atoms with Crippen LogP contribution in [0.2, 0.25) is 0 Å². The average molecular weight is 301 g/mol. The molecule has 7 heteroatoms. The van der Waals surface area contributed by atoms with Crippen LogP contribution in [0, 0.1) is 11.6 Å². The van der Waals surface area contributed by atoms with Crippen LogP contribution in [0.15, 0.2) is 42.5 Å². The van der Waals surface area contributed by atoms with E-state index in [4.69, 9.17) is 0 Å². The minimum absolute atomic E-state index is 0.109. The lowest BCUT2D eigenvalue weighted by Gasteiger charge is -2.09. The van der Waals surface area contributed by atoms with Gasteiger partial charge in [0, 0.05) is 11.3 Å². The molecule has 0 atom stereocenters. The number of amides is 1. The number of rotatable bonds is 2. The molecule has 2 aromatic rings. The monoisotopic (exact) mass is 301 g/mol. The summed E-state index contributed by atoms with van der Waals surface area (Å²) in [6, 6.07) is 6.31. The zero-order valence-corrected chi connectivity index (χ0v) is 10.3. The number of hydrogen-bond acceptors (Lipinski definition) is 1. The molecule has 0 spiro atoms. The summed E-state index contributed by atoms with van der Waals surface area (Å²) in [7, 11) is 0. The van der Waals surface area contributed by atoms with Crippen molar-refractivity contribution in [2.24, 2.45) is 0 Å². The Hall–Kier alpha value is -2.44. The summed E-state index contributed by atoms with van der Waals surface area (Å²) in [5.41, 5.74) is -0.889. The number of anilines is 1. The van der Waals surface area contributed by atoms with Crippen molar-refractivity contribution in [1.29, 1.82) is 0 Å². The number of nitrogens with one attached hydrogen (secondary N) is 1. The Bertz CT molecular complexity index is 664. The summed E-state index contributed by atoms with van der Waals surface area (Å²) in [4.78, 5) is 11.7. The highest BCUT2D eigenvalue weighted by molar-refractivity contribution is 6.04. The number of halogens is 5. The third kappa shape index (κ3) is 3.56. The SMILES string of the molecule is O=C(Nc1ccc(C(F)(F)F)cc1)c1ccc(F)c(F)c1. The van der Waals surface area contributed by atoms with Gasteiger partial charge in [0.2, 0.25) is 0 Å². The molecule has 0 aliphatic rings. The Morgan fingerprint density at radius 1 is 0.905 bits per heavy atom. The second kappa shape index (κ2) is 5.51. The highest BCUT2D eigenvalue weighted by atomic mass is 19.4. The summed E-state index contributed by atoms with van der Waals surface area (Å²) < 4.78 is 62.8. The van der Waals surface area contributed by atoms with Crippen molar-refractivity contribution in [1.82, 2.24) is 0 Å². The molecule has 0 bridgehead atoms. The van der Waals surface area contributed by atoms with Crippen molar-refractivity contribution in [2.75, 3.05) is 5.32 Å². The third-order valence-electron chi connectivity index (χ3n) is 2.65. The molecule has 2 aromatic carbocycles. The fourth-order valence-electron chi connectivity index (χ4n) is 1.58. The Morgan fingerprint density at radius 2 is 1.52 bits per heavy atom. The van der Waals surface area contributed by atoms with E-state index in [0.717, 1.165) is 36.4 Å². The largest absolute Gasteiger partial charge is 0.416 e. The molecule has 2 nitrogen and oxygen atoms in total. The summed E-state index contributed by atoms with van der Waals surface area (Å²) >= 11 is 0. The topological polar surface area (TPSA) is 29.1 Å². The van der Waals surface area contributed by atoms with E-state index in [2.05, 4.69) is 5.32 Å². The fraction of sp³-hybridized carbons (Fsp3) is 0.0714. The van der Waals surface area contributed by atoms with Crippen LogP contribution in [0.5, 0.6) is 0 Å². The van der Waals surface area contributed by atoms with Gasteiger partial charge in [-0.1, -0.05) is 0 Å². The van der Waals surface area contributed by atoms with E-state index >= 15 is 0 Å². The first-order chi connectivity index (χ1) is 9.77. The Kier molecular flexibility index (Phi) is 3.93. The van der Waals surface area contributed by atoms with Crippen LogP contribution < -0.4 is 5.32 Å². The zero-order chi connectivity index (χ0) is 15.6. The molecule has 2 rings (SSSR count). The summed E-state index contributed by atoms with van der Waals surface area (Å²) in [5.74, 6) is -3.04. The molecule has 0 saturated carbocycles. The van der Waals surface area contributed by atoms with E-state index in [0.29, 0.717) is 6.07 Å². The quantitative estimate of drug-likeness (QED) is 0.826. The molecular formula is C14H8F5NO. The van der Waals surface area contributed by atoms with Crippen molar-refractivity contribution in [3.05, 3.63) is 65.2 Å². The van der Waals surface area contributed by atoms with Crippen LogP contribution in [0.3, 0.4) is 0 Å². The first-order valence-electron chi connectivity index (χ1n) is 5.71. The van der Waals surface area contributed by atoms with Gasteiger partial charge >= 0.3 is 6.18 Å². The molecule has 0 saturated heterocycles. The highest BCUT2D eigenvalue weighted by Gasteiger charge is 2.30. The van der Waals surface area contributed by atoms with Crippen LogP contribution in [-0.4, -0.2) is 5.91 Å². The minimum Gasteiger partial charge on any atom is -0.322 e. The highest BCUT2D eigenvalue weighted by Crippen LogP contribution is 2.29. The summed E-state index contributed by atoms with van der Waals surface area (Å²) in [6.45, 7) is 0. The Morgan fingerprint density at radius 3 is 2.05 bits per heavy atom. The first kappa shape index (κ1) is 15.0. The van der Waals surface area contributed by atoms with Gasteiger partial charge in [-0.05, 0) is 42.5 Å². The van der Waals surface area contributed by atoms with E-state index in [-0.39, 0.29) is 11.3 Å². The van der Waals surface area contributed by atoms with Gasteiger partial charge in [0.25, 0.3) is 5.91 Å². The molecule has 0 aliphatic carbocycles. The van der Waals surface area contributed by atoms with Gasteiger partial charge in [0.1, 0.15) is 0 Å². The average Bonchev–Trinajstić information content (AvgIpc) is 2.41. The van der Waals surface area contributed by atoms with Crippen molar-refractivity contribution in [3.8, 4) is 0 Å². The predicted molar refractivity (Wildman–Crippen MR) is 65.8 cm³/mol. The lowest BCUT2D eigenvalue weighted by molar-refractivity contribution is -0.137. The van der Waals surface area contributed by atoms with Gasteiger partial charge in [-0.2, -0.15) is 13.2 Å². The number of alkyl halides is 3. The lowest BCUT2D eigenvalue weighted by Crippen LogP contribution is -2.13. The summed E-state index contributed by atoms with van der Waals surface area (Å²) in [6.07, 6.45) is -4.47. The Balaban J connectivity index is 2.14. The van der Waals surface area contributed by atoms with Crippen molar-refractivity contribution < 1.29 is 26.7 Å². The predicted octanol–water partition coefficient (Wildman–Crippen LogP) is 4.24. The van der Waals surface area contributed by atoms with Crippen molar-refractivity contribution >= 4 is 11.6 Å². The van der Waals surface area contributed by atoms with E-state index in [1.807, 2.05) is 0 Å². The summed E-state index contributed by atoms with van der Waals surface area (Å²) in [5, 5.41) is 2.29. The maximum Gasteiger partial charge on any atom is 0.416 e. The van der Waals surface area contributed by atoms with E-state index in [9.17, 15) is 26.7 Å². The first-order valence-corrected chi connectivity index (χ1v) is 5.71. The van der Waals surface area contributed by atoms with Crippen LogP contribution in [0.1, 0.15) is 15.9 Å². The number of carbonyl (C=O) groups is 1. The smallest absolute Gasteiger partial charge is 0.322 e. The number of carbonyl (C=O) groups excluding carboxylic acids is 1. The number of benzene rings is 2. The maximum absolute atomic E-state index is 13.0. The molecule has 0 fully saturated rings. The Labute approximate surface area is 116 Å². The zero-order valence-electron chi connectivity index (χ0n) is 10.3. The van der Waals surface area contributed by atoms with Crippen LogP contribution in [0.25, 0.3) is 0 Å². The third-order valence-corrected chi connectivity index (χ3v) is 2.65.